The Hall–Kier alpha value is -0.1000. The van der Waals surface area contributed by atoms with E-state index in [0.29, 0.717) is 5.15 Å². The molecule has 0 aliphatic rings. The first kappa shape index (κ1) is 12.4. The molecule has 0 unspecified atom stereocenters. The van der Waals surface area contributed by atoms with Crippen molar-refractivity contribution in [1.82, 2.24) is 4.98 Å². The van der Waals surface area contributed by atoms with Crippen LogP contribution in [0.1, 0.15) is 4.88 Å². The van der Waals surface area contributed by atoms with Gasteiger partial charge in [-0.05, 0) is 50.1 Å². The third kappa shape index (κ3) is 2.97. The molecule has 2 rings (SSSR count). The van der Waals surface area contributed by atoms with Crippen LogP contribution in [0.5, 0.6) is 0 Å². The minimum atomic E-state index is 0.497. The highest BCUT2D eigenvalue weighted by atomic mass is 79.9. The van der Waals surface area contributed by atoms with Crippen LogP contribution in [0, 0.1) is 0 Å². The second-order valence-corrected chi connectivity index (χ2v) is 6.70. The van der Waals surface area contributed by atoms with E-state index >= 15 is 0 Å². The van der Waals surface area contributed by atoms with Crippen LogP contribution in [-0.2, 0) is 6.54 Å². The Kier molecular flexibility index (Phi) is 4.24. The zero-order chi connectivity index (χ0) is 11.5. The molecule has 0 aliphatic heterocycles. The Morgan fingerprint density at radius 3 is 2.88 bits per heavy atom. The lowest BCUT2D eigenvalue weighted by atomic mass is 10.4. The number of thiophene rings is 1. The fraction of sp³-hybridized carbons (Fsp3) is 0.100. The molecule has 84 valence electrons. The lowest BCUT2D eigenvalue weighted by molar-refractivity contribution is 1.17. The molecular formula is C10H7Br2ClN2S. The van der Waals surface area contributed by atoms with Crippen molar-refractivity contribution in [2.75, 3.05) is 5.32 Å². The first-order valence-corrected chi connectivity index (χ1v) is 7.23. The van der Waals surface area contributed by atoms with E-state index in [1.54, 1.807) is 17.5 Å². The first-order chi connectivity index (χ1) is 7.66. The molecular weight excluding hydrogens is 375 g/mol. The Balaban J connectivity index is 2.05. The average Bonchev–Trinajstić information content (AvgIpc) is 2.57. The fourth-order valence-electron chi connectivity index (χ4n) is 1.18. The number of anilines is 1. The summed E-state index contributed by atoms with van der Waals surface area (Å²) in [5.41, 5.74) is 0.852. The van der Waals surface area contributed by atoms with E-state index in [2.05, 4.69) is 48.2 Å². The summed E-state index contributed by atoms with van der Waals surface area (Å²) in [5, 5.41) is 3.74. The highest BCUT2D eigenvalue weighted by molar-refractivity contribution is 9.13. The van der Waals surface area contributed by atoms with E-state index in [1.165, 1.54) is 4.88 Å². The molecule has 2 aromatic rings. The molecule has 0 atom stereocenters. The largest absolute Gasteiger partial charge is 0.378 e. The fourth-order valence-corrected chi connectivity index (χ4v) is 3.48. The normalized spacial score (nSPS) is 10.4. The lowest BCUT2D eigenvalue weighted by Gasteiger charge is -2.05. The summed E-state index contributed by atoms with van der Waals surface area (Å²) in [6.07, 6.45) is 1.67. The summed E-state index contributed by atoms with van der Waals surface area (Å²) in [7, 11) is 0. The highest BCUT2D eigenvalue weighted by Crippen LogP contribution is 2.32. The number of aromatic nitrogens is 1. The van der Waals surface area contributed by atoms with E-state index in [0.717, 1.165) is 20.5 Å². The molecule has 0 amide bonds. The van der Waals surface area contributed by atoms with E-state index in [-0.39, 0.29) is 0 Å². The molecule has 1 N–H and O–H groups in total. The summed E-state index contributed by atoms with van der Waals surface area (Å²) in [6.45, 7) is 0.736. The Bertz CT molecular complexity index is 482. The van der Waals surface area contributed by atoms with Crippen molar-refractivity contribution in [3.63, 3.8) is 0 Å². The number of hydrogen-bond donors (Lipinski definition) is 1. The molecule has 0 fully saturated rings. The predicted octanol–water partition coefficient (Wildman–Crippen LogP) is 4.93. The van der Waals surface area contributed by atoms with Crippen LogP contribution >= 0.6 is 54.8 Å². The second-order valence-electron chi connectivity index (χ2n) is 3.03. The summed E-state index contributed by atoms with van der Waals surface area (Å²) >= 11 is 14.5. The molecule has 0 saturated carbocycles. The van der Waals surface area contributed by atoms with Gasteiger partial charge in [0.05, 0.1) is 9.47 Å². The van der Waals surface area contributed by atoms with Gasteiger partial charge in [0, 0.05) is 22.1 Å². The molecule has 0 spiro atoms. The highest BCUT2D eigenvalue weighted by Gasteiger charge is 2.05. The predicted molar refractivity (Wildman–Crippen MR) is 76.3 cm³/mol. The van der Waals surface area contributed by atoms with Gasteiger partial charge in [0.25, 0.3) is 0 Å². The number of hydrogen-bond acceptors (Lipinski definition) is 3. The van der Waals surface area contributed by atoms with Gasteiger partial charge in [0.15, 0.2) is 5.15 Å². The van der Waals surface area contributed by atoms with Crippen molar-refractivity contribution >= 4 is 60.5 Å². The zero-order valence-corrected chi connectivity index (χ0v) is 12.8. The molecule has 2 heterocycles. The Morgan fingerprint density at radius 2 is 2.25 bits per heavy atom. The number of nitrogens with zero attached hydrogens (tertiary/aromatic N) is 1. The van der Waals surface area contributed by atoms with E-state index in [4.69, 9.17) is 11.6 Å². The molecule has 2 nitrogen and oxygen atoms in total. The molecule has 16 heavy (non-hydrogen) atoms. The van der Waals surface area contributed by atoms with Crippen LogP contribution in [0.2, 0.25) is 5.15 Å². The molecule has 0 radical (unpaired) electrons. The van der Waals surface area contributed by atoms with Gasteiger partial charge in [0.1, 0.15) is 0 Å². The van der Waals surface area contributed by atoms with Crippen LogP contribution in [-0.4, -0.2) is 4.98 Å². The van der Waals surface area contributed by atoms with Crippen LogP contribution in [0.4, 0.5) is 5.69 Å². The monoisotopic (exact) mass is 380 g/mol. The van der Waals surface area contributed by atoms with Gasteiger partial charge >= 0.3 is 0 Å². The van der Waals surface area contributed by atoms with Crippen molar-refractivity contribution in [3.8, 4) is 0 Å². The molecule has 2 aromatic heterocycles. The van der Waals surface area contributed by atoms with Gasteiger partial charge in [-0.25, -0.2) is 4.98 Å². The summed E-state index contributed by atoms with van der Waals surface area (Å²) in [4.78, 5) is 5.22. The first-order valence-electron chi connectivity index (χ1n) is 4.45. The quantitative estimate of drug-likeness (QED) is 0.761. The van der Waals surface area contributed by atoms with Crippen molar-refractivity contribution in [1.29, 1.82) is 0 Å². The van der Waals surface area contributed by atoms with E-state index < -0.39 is 0 Å². The third-order valence-electron chi connectivity index (χ3n) is 1.91. The van der Waals surface area contributed by atoms with Crippen molar-refractivity contribution < 1.29 is 0 Å². The minimum absolute atomic E-state index is 0.497. The second kappa shape index (κ2) is 5.49. The number of pyridine rings is 1. The Morgan fingerprint density at radius 1 is 1.44 bits per heavy atom. The summed E-state index contributed by atoms with van der Waals surface area (Å²) in [5.74, 6) is 0. The third-order valence-corrected chi connectivity index (χ3v) is 5.47. The SMILES string of the molecule is Clc1ncccc1NCc1cc(Br)c(Br)s1. The van der Waals surface area contributed by atoms with Crippen molar-refractivity contribution in [3.05, 3.63) is 42.7 Å². The topological polar surface area (TPSA) is 24.9 Å². The number of nitrogens with one attached hydrogen (secondary N) is 1. The molecule has 6 heteroatoms. The van der Waals surface area contributed by atoms with Crippen molar-refractivity contribution in [2.45, 2.75) is 6.54 Å². The maximum absolute atomic E-state index is 5.94. The van der Waals surface area contributed by atoms with Crippen LogP contribution in [0.15, 0.2) is 32.7 Å². The van der Waals surface area contributed by atoms with E-state index in [9.17, 15) is 0 Å². The van der Waals surface area contributed by atoms with Gasteiger partial charge < -0.3 is 5.32 Å². The minimum Gasteiger partial charge on any atom is -0.378 e. The van der Waals surface area contributed by atoms with Crippen molar-refractivity contribution in [2.24, 2.45) is 0 Å². The average molecular weight is 383 g/mol. The zero-order valence-electron chi connectivity index (χ0n) is 8.01. The van der Waals surface area contributed by atoms with Crippen LogP contribution in [0.25, 0.3) is 0 Å². The number of rotatable bonds is 3. The van der Waals surface area contributed by atoms with Gasteiger partial charge in [-0.1, -0.05) is 11.6 Å². The van der Waals surface area contributed by atoms with Gasteiger partial charge in [-0.15, -0.1) is 11.3 Å². The van der Waals surface area contributed by atoms with Crippen LogP contribution < -0.4 is 5.32 Å². The van der Waals surface area contributed by atoms with E-state index in [1.807, 2.05) is 12.1 Å². The molecule has 0 saturated heterocycles. The maximum Gasteiger partial charge on any atom is 0.152 e. The standard InChI is InChI=1S/C10H7Br2ClN2S/c11-7-4-6(16-9(7)12)5-15-8-2-1-3-14-10(8)13/h1-4,15H,5H2. The molecule has 0 aliphatic carbocycles. The number of halogens is 3. The summed E-state index contributed by atoms with van der Waals surface area (Å²) in [6, 6.07) is 5.84. The van der Waals surface area contributed by atoms with Gasteiger partial charge in [0.2, 0.25) is 0 Å². The Labute approximate surface area is 119 Å². The van der Waals surface area contributed by atoms with Gasteiger partial charge in [-0.2, -0.15) is 0 Å². The summed E-state index contributed by atoms with van der Waals surface area (Å²) < 4.78 is 2.17. The maximum atomic E-state index is 5.94. The lowest BCUT2D eigenvalue weighted by Crippen LogP contribution is -1.98. The smallest absolute Gasteiger partial charge is 0.152 e. The van der Waals surface area contributed by atoms with Crippen LogP contribution in [0.3, 0.4) is 0 Å². The van der Waals surface area contributed by atoms with Gasteiger partial charge in [-0.3, -0.25) is 0 Å². The molecule has 0 bridgehead atoms. The molecule has 0 aromatic carbocycles.